The van der Waals surface area contributed by atoms with Gasteiger partial charge >= 0.3 is 30.9 Å². The van der Waals surface area contributed by atoms with Gasteiger partial charge in [-0.15, -0.1) is 0 Å². The summed E-state index contributed by atoms with van der Waals surface area (Å²) in [6.45, 7) is 6.55. The van der Waals surface area contributed by atoms with Crippen LogP contribution in [0.15, 0.2) is 154 Å². The lowest BCUT2D eigenvalue weighted by atomic mass is 9.92. The third-order valence-electron chi connectivity index (χ3n) is 21.2. The second-order valence-electron chi connectivity index (χ2n) is 28.9. The van der Waals surface area contributed by atoms with E-state index < -0.39 is 121 Å². The van der Waals surface area contributed by atoms with Crippen LogP contribution in [0.1, 0.15) is 146 Å². The number of nitrogens with zero attached hydrogens (tertiary/aromatic N) is 9. The van der Waals surface area contributed by atoms with E-state index in [0.717, 1.165) is 154 Å². The number of hydrogen-bond donors (Lipinski definition) is 5. The first-order valence-corrected chi connectivity index (χ1v) is 42.1. The lowest BCUT2D eigenvalue weighted by molar-refractivity contribution is -0.376. The zero-order chi connectivity index (χ0) is 83.8. The highest BCUT2D eigenvalue weighted by molar-refractivity contribution is 7.90. The Morgan fingerprint density at radius 2 is 0.752 bits per heavy atom. The molecule has 632 valence electrons. The Balaban J connectivity index is 0.000000189. The van der Waals surface area contributed by atoms with Gasteiger partial charge in [-0.1, -0.05) is 74.2 Å². The Morgan fingerprint density at radius 3 is 1.09 bits per heavy atom. The standard InChI is InChI=1S/2C19H24F3N3O3S.C18H25F3N2O3S.C16H19F6NO4S/c1-18(26,19(20,21)22)15-6-8-17(9-7-15)29(27,28)25-13-3-2-5-16(25)10-14-24-12-4-11-23-24;1-18(26,19(20,21)22)15-5-7-17(8-6-15)29(27,28)25-11-3-2-4-16(25)9-12-24-13-10-23-14-24;1-17(24,18(19,20)21)14-5-7-16(8-6-14)27(25,26)23-12-9-15(13-23)22-10-3-2-4-11-22;17-15(18,19)14(25,16(20,21)22)11-4-6-13(7-5-11)28(26,27)23-9-2-1-3-12(23)8-10-24/h4,6-9,11-12,16,26H,2-3,5,10,13-14H2,1H3;5-8,10,13-14,16,26H,2-4,9,11-12H2,1H3;5-8,15,24H,2-4,9-13H2,1H3;4-7,12,24-25H,1-3,8-10H2/t;;15-,17?;/m..1./s1. The Morgan fingerprint density at radius 1 is 0.398 bits per heavy atom. The number of alkyl halides is 15. The van der Waals surface area contributed by atoms with Crippen LogP contribution >= 0.6 is 0 Å². The lowest BCUT2D eigenvalue weighted by Crippen LogP contribution is -2.53. The van der Waals surface area contributed by atoms with Gasteiger partial charge in [0.05, 0.1) is 25.9 Å². The van der Waals surface area contributed by atoms with Gasteiger partial charge < -0.3 is 30.1 Å². The summed E-state index contributed by atoms with van der Waals surface area (Å²) in [6.07, 6.45) is -5.90. The summed E-state index contributed by atoms with van der Waals surface area (Å²) < 4.78 is 307. The fourth-order valence-corrected chi connectivity index (χ4v) is 20.7. The number of aryl methyl sites for hydroxylation is 2. The second kappa shape index (κ2) is 36.3. The fraction of sp³-hybridized carbons (Fsp3) is 0.583. The Labute approximate surface area is 646 Å². The molecule has 0 amide bonds. The van der Waals surface area contributed by atoms with Gasteiger partial charge in [0.25, 0.3) is 5.60 Å². The number of benzene rings is 4. The van der Waals surface area contributed by atoms with Crippen molar-refractivity contribution in [1.29, 1.82) is 0 Å². The summed E-state index contributed by atoms with van der Waals surface area (Å²) in [7, 11) is -15.7. The van der Waals surface area contributed by atoms with Crippen LogP contribution in [0.25, 0.3) is 0 Å². The van der Waals surface area contributed by atoms with Crippen molar-refractivity contribution in [2.45, 2.75) is 234 Å². The van der Waals surface area contributed by atoms with Crippen LogP contribution < -0.4 is 0 Å². The number of hydrogen-bond acceptors (Lipinski definition) is 16. The molecule has 11 rings (SSSR count). The van der Waals surface area contributed by atoms with E-state index in [9.17, 15) is 120 Å². The molecular formula is C72H92F15N9O13S4. The average molecular weight is 1700 g/mol. The first kappa shape index (κ1) is 92.2. The predicted molar refractivity (Wildman–Crippen MR) is 381 cm³/mol. The Hall–Kier alpha value is -6.35. The van der Waals surface area contributed by atoms with Gasteiger partial charge in [0.15, 0.2) is 16.8 Å². The van der Waals surface area contributed by atoms with Crippen LogP contribution in [0.5, 0.6) is 0 Å². The first-order valence-electron chi connectivity index (χ1n) is 36.4. The third-order valence-corrected chi connectivity index (χ3v) is 29.0. The van der Waals surface area contributed by atoms with Crippen LogP contribution in [-0.4, -0.2) is 208 Å². The Kier molecular flexibility index (Phi) is 29.6. The number of aromatic nitrogens is 4. The van der Waals surface area contributed by atoms with Crippen molar-refractivity contribution < 1.29 is 125 Å². The van der Waals surface area contributed by atoms with Crippen molar-refractivity contribution in [3.63, 3.8) is 0 Å². The predicted octanol–water partition coefficient (Wildman–Crippen LogP) is 12.2. The van der Waals surface area contributed by atoms with Crippen LogP contribution in [0.3, 0.4) is 0 Å². The van der Waals surface area contributed by atoms with Gasteiger partial charge in [0.1, 0.15) is 0 Å². The van der Waals surface area contributed by atoms with E-state index in [4.69, 9.17) is 5.11 Å². The largest absolute Gasteiger partial charge is 0.430 e. The quantitative estimate of drug-likeness (QED) is 0.0419. The molecule has 0 aliphatic carbocycles. The van der Waals surface area contributed by atoms with Gasteiger partial charge in [-0.2, -0.15) is 88.2 Å². The zero-order valence-corrected chi connectivity index (χ0v) is 65.0. The number of rotatable bonds is 21. The normalized spacial score (nSPS) is 21.9. The molecule has 5 aliphatic rings. The van der Waals surface area contributed by atoms with E-state index in [0.29, 0.717) is 110 Å². The van der Waals surface area contributed by atoms with Crippen molar-refractivity contribution in [3.8, 4) is 0 Å². The highest BCUT2D eigenvalue weighted by Gasteiger charge is 2.71. The minimum Gasteiger partial charge on any atom is -0.396 e. The molecule has 7 atom stereocenters. The molecule has 6 unspecified atom stereocenters. The van der Waals surface area contributed by atoms with Gasteiger partial charge in [0.2, 0.25) is 40.1 Å². The van der Waals surface area contributed by atoms with Gasteiger partial charge in [-0.05, 0) is 182 Å². The van der Waals surface area contributed by atoms with Crippen molar-refractivity contribution in [1.82, 2.24) is 41.5 Å². The van der Waals surface area contributed by atoms with E-state index in [-0.39, 0.29) is 57.9 Å². The molecule has 22 nitrogen and oxygen atoms in total. The third kappa shape index (κ3) is 21.2. The smallest absolute Gasteiger partial charge is 0.396 e. The molecule has 0 bridgehead atoms. The number of halogens is 15. The summed E-state index contributed by atoms with van der Waals surface area (Å²) in [5.74, 6) is 0. The molecule has 0 saturated carbocycles. The van der Waals surface area contributed by atoms with Crippen molar-refractivity contribution in [3.05, 3.63) is 156 Å². The Bertz CT molecular complexity index is 4330. The first-order chi connectivity index (χ1) is 52.4. The topological polar surface area (TPSA) is 290 Å². The minimum absolute atomic E-state index is 0.0523. The lowest BCUT2D eigenvalue weighted by Gasteiger charge is -2.35. The second-order valence-corrected chi connectivity index (χ2v) is 36.5. The zero-order valence-electron chi connectivity index (χ0n) is 61.7. The molecule has 5 fully saturated rings. The molecule has 2 aromatic heterocycles. The molecule has 5 aliphatic heterocycles. The molecule has 6 aromatic rings. The van der Waals surface area contributed by atoms with Crippen molar-refractivity contribution in [2.24, 2.45) is 0 Å². The number of aliphatic hydroxyl groups is 5. The summed E-state index contributed by atoms with van der Waals surface area (Å²) in [4.78, 5) is 5.61. The van der Waals surface area contributed by atoms with Crippen molar-refractivity contribution in [2.75, 3.05) is 52.4 Å². The highest BCUT2D eigenvalue weighted by atomic mass is 32.2. The molecule has 41 heteroatoms. The van der Waals surface area contributed by atoms with Crippen LogP contribution in [-0.2, 0) is 75.6 Å². The van der Waals surface area contributed by atoms with E-state index in [1.165, 1.54) is 19.3 Å². The maximum Gasteiger partial charge on any atom is 0.430 e. The number of aliphatic hydroxyl groups excluding tert-OH is 1. The molecule has 4 aromatic carbocycles. The maximum atomic E-state index is 13.1. The maximum absolute atomic E-state index is 13.1. The average Bonchev–Trinajstić information content (AvgIpc) is 1.07. The van der Waals surface area contributed by atoms with Gasteiger partial charge in [-0.3, -0.25) is 9.58 Å². The SMILES string of the molecule is CC(O)(c1ccc(S(=O)(=O)N2CCCCC2CCn2cccn2)cc1)C(F)(F)F.CC(O)(c1ccc(S(=O)(=O)N2CCCCC2CCn2ccnc2)cc1)C(F)(F)F.CC(O)(c1ccc(S(=O)(=O)N2CC[C@@H](N3CCCCC3)C2)cc1)C(F)(F)F.O=S(=O)(c1ccc(C(O)(C(F)(F)F)C(F)(F)F)cc1)N1CCCCC1CCO. The van der Waals surface area contributed by atoms with Gasteiger partial charge in [0, 0.05) is 107 Å². The van der Waals surface area contributed by atoms with E-state index >= 15 is 0 Å². The highest BCUT2D eigenvalue weighted by Crippen LogP contribution is 2.51. The molecule has 5 saturated heterocycles. The van der Waals surface area contributed by atoms with E-state index in [2.05, 4.69) is 15.0 Å². The minimum atomic E-state index is -6.05. The summed E-state index contributed by atoms with van der Waals surface area (Å²) >= 11 is 0. The van der Waals surface area contributed by atoms with Crippen LogP contribution in [0.2, 0.25) is 0 Å². The fourth-order valence-electron chi connectivity index (χ4n) is 14.1. The van der Waals surface area contributed by atoms with Crippen LogP contribution in [0, 0.1) is 0 Å². The number of imidazole rings is 1. The molecule has 7 heterocycles. The van der Waals surface area contributed by atoms with Gasteiger partial charge in [-0.25, -0.2) is 38.7 Å². The monoisotopic (exact) mass is 1700 g/mol. The van der Waals surface area contributed by atoms with E-state index in [1.54, 1.807) is 29.5 Å². The number of piperidine rings is 4. The molecule has 0 radical (unpaired) electrons. The summed E-state index contributed by atoms with van der Waals surface area (Å²) in [6, 6.07) is 15.9. The molecule has 5 N–H and O–H groups in total. The molecular weight excluding hydrogens is 1610 g/mol. The summed E-state index contributed by atoms with van der Waals surface area (Å²) in [5, 5.41) is 51.9. The van der Waals surface area contributed by atoms with E-state index in [1.807, 2.05) is 17.0 Å². The van der Waals surface area contributed by atoms with Crippen molar-refractivity contribution >= 4 is 40.1 Å². The number of likely N-dealkylation sites (tertiary alicyclic amines) is 1. The summed E-state index contributed by atoms with van der Waals surface area (Å²) in [5.41, 5.74) is -17.0. The van der Waals surface area contributed by atoms with Crippen LogP contribution in [0.4, 0.5) is 65.9 Å². The molecule has 0 spiro atoms. The number of sulfonamides is 4. The molecule has 113 heavy (non-hydrogen) atoms.